The molecule has 2 heterocycles. The zero-order valence-electron chi connectivity index (χ0n) is 20.8. The minimum Gasteiger partial charge on any atom is -0.508 e. The first-order valence-electron chi connectivity index (χ1n) is 12.2. The van der Waals surface area contributed by atoms with Gasteiger partial charge in [0, 0.05) is 23.5 Å². The second kappa shape index (κ2) is 11.0. The van der Waals surface area contributed by atoms with Crippen molar-refractivity contribution in [3.8, 4) is 5.75 Å². The normalized spacial score (nSPS) is 11.8. The number of fused-ring (bicyclic) bond motifs is 1. The van der Waals surface area contributed by atoms with Gasteiger partial charge in [0.25, 0.3) is 11.7 Å². The second-order valence-electron chi connectivity index (χ2n) is 9.14. The van der Waals surface area contributed by atoms with E-state index in [9.17, 15) is 24.6 Å². The summed E-state index contributed by atoms with van der Waals surface area (Å²) in [4.78, 5) is 37.9. The van der Waals surface area contributed by atoms with Crippen molar-refractivity contribution in [3.05, 3.63) is 114 Å². The number of aromatic nitrogens is 4. The van der Waals surface area contributed by atoms with Crippen LogP contribution < -0.4 is 5.32 Å². The number of benzene rings is 3. The predicted octanol–water partition coefficient (Wildman–Crippen LogP) is 3.03. The molecule has 5 aromatic rings. The number of phenolic OH excluding ortho intramolecular Hbond substituents is 1. The molecule has 0 unspecified atom stereocenters. The quantitative estimate of drug-likeness (QED) is 0.189. The molecule has 10 heteroatoms. The summed E-state index contributed by atoms with van der Waals surface area (Å²) in [6, 6.07) is 21.7. The number of hydrogen-bond acceptors (Lipinski definition) is 6. The van der Waals surface area contributed by atoms with Crippen LogP contribution in [0.5, 0.6) is 5.75 Å². The zero-order chi connectivity index (χ0) is 27.4. The lowest BCUT2D eigenvalue weighted by molar-refractivity contribution is -0.141. The number of nitrogens with zero attached hydrogens (tertiary/aromatic N) is 4. The first-order chi connectivity index (χ1) is 18.9. The highest BCUT2D eigenvalue weighted by Gasteiger charge is 2.27. The van der Waals surface area contributed by atoms with E-state index >= 15 is 0 Å². The molecule has 1 amide bonds. The Labute approximate surface area is 223 Å². The highest BCUT2D eigenvalue weighted by atomic mass is 16.4. The Kier molecular flexibility index (Phi) is 7.17. The Balaban J connectivity index is 1.34. The molecule has 0 saturated heterocycles. The van der Waals surface area contributed by atoms with Gasteiger partial charge in [0.1, 0.15) is 17.5 Å². The van der Waals surface area contributed by atoms with E-state index in [2.05, 4.69) is 15.6 Å². The fourth-order valence-electron chi connectivity index (χ4n) is 4.41. The summed E-state index contributed by atoms with van der Waals surface area (Å²) in [5.74, 6) is -3.09. The number of aromatic hydroxyl groups is 1. The summed E-state index contributed by atoms with van der Waals surface area (Å²) in [6.07, 6.45) is 3.37. The number of carbonyl (C=O) groups is 3. The lowest BCUT2D eigenvalue weighted by Crippen LogP contribution is -2.45. The second-order valence-corrected chi connectivity index (χ2v) is 9.14. The van der Waals surface area contributed by atoms with Gasteiger partial charge in [-0.25, -0.2) is 9.48 Å². The van der Waals surface area contributed by atoms with E-state index in [1.807, 2.05) is 53.2 Å². The number of amides is 1. The van der Waals surface area contributed by atoms with Crippen molar-refractivity contribution >= 4 is 28.6 Å². The van der Waals surface area contributed by atoms with Gasteiger partial charge in [-0.1, -0.05) is 65.9 Å². The number of rotatable bonds is 10. The van der Waals surface area contributed by atoms with Crippen LogP contribution in [-0.2, 0) is 29.1 Å². The third kappa shape index (κ3) is 5.85. The first-order valence-corrected chi connectivity index (χ1v) is 12.2. The molecular formula is C29H25N5O5. The average molecular weight is 524 g/mol. The molecule has 196 valence electrons. The summed E-state index contributed by atoms with van der Waals surface area (Å²) in [5, 5.41) is 30.4. The van der Waals surface area contributed by atoms with Crippen LogP contribution in [0.1, 0.15) is 27.2 Å². The first kappa shape index (κ1) is 25.4. The van der Waals surface area contributed by atoms with Crippen LogP contribution in [0.2, 0.25) is 0 Å². The number of phenols is 1. The Morgan fingerprint density at radius 1 is 0.846 bits per heavy atom. The van der Waals surface area contributed by atoms with E-state index in [0.717, 1.165) is 11.1 Å². The number of aliphatic carboxylic acids is 1. The number of nitrogens with one attached hydrogen (secondary N) is 1. The predicted molar refractivity (Wildman–Crippen MR) is 142 cm³/mol. The van der Waals surface area contributed by atoms with Gasteiger partial charge in [-0.15, -0.1) is 5.10 Å². The largest absolute Gasteiger partial charge is 0.508 e. The zero-order valence-corrected chi connectivity index (χ0v) is 20.8. The third-order valence-electron chi connectivity index (χ3n) is 6.32. The standard InChI is InChI=1S/C29H25N5O5/c35-22-12-10-19(11-13-22)14-25(29(38)39)30-28(37)27(36)24-18-33(26-9-5-4-8-23(24)26)16-21-17-34(32-31-21)15-20-6-2-1-3-7-20/h1-13,17-18,25,35H,14-16H2,(H,30,37)(H,38,39)/t25-/m0/s1. The van der Waals surface area contributed by atoms with Gasteiger partial charge in [-0.05, 0) is 29.3 Å². The third-order valence-corrected chi connectivity index (χ3v) is 6.32. The number of para-hydroxylation sites is 1. The van der Waals surface area contributed by atoms with Crippen LogP contribution in [0.25, 0.3) is 10.9 Å². The fraction of sp³-hybridized carbons (Fsp3) is 0.138. The van der Waals surface area contributed by atoms with Gasteiger partial charge in [0.05, 0.1) is 24.8 Å². The molecule has 0 fully saturated rings. The molecule has 5 rings (SSSR count). The molecule has 0 aliphatic carbocycles. The maximum Gasteiger partial charge on any atom is 0.326 e. The van der Waals surface area contributed by atoms with E-state index in [4.69, 9.17) is 0 Å². The molecule has 0 saturated carbocycles. The van der Waals surface area contributed by atoms with Crippen LogP contribution >= 0.6 is 0 Å². The summed E-state index contributed by atoms with van der Waals surface area (Å²) in [6.45, 7) is 0.891. The molecule has 3 N–H and O–H groups in total. The summed E-state index contributed by atoms with van der Waals surface area (Å²) in [7, 11) is 0. The number of Topliss-reactive ketones (excluding diaryl/α,β-unsaturated/α-hetero) is 1. The molecule has 2 aromatic heterocycles. The molecule has 1 atom stereocenters. The van der Waals surface area contributed by atoms with Crippen molar-refractivity contribution in [2.24, 2.45) is 0 Å². The van der Waals surface area contributed by atoms with Crippen LogP contribution in [0.3, 0.4) is 0 Å². The molecule has 0 spiro atoms. The molecule has 0 radical (unpaired) electrons. The van der Waals surface area contributed by atoms with Gasteiger partial charge in [-0.3, -0.25) is 9.59 Å². The van der Waals surface area contributed by atoms with E-state index in [1.165, 1.54) is 12.1 Å². The van der Waals surface area contributed by atoms with Crippen LogP contribution in [0.4, 0.5) is 0 Å². The monoisotopic (exact) mass is 523 g/mol. The lowest BCUT2D eigenvalue weighted by Gasteiger charge is -2.14. The smallest absolute Gasteiger partial charge is 0.326 e. The maximum absolute atomic E-state index is 13.2. The van der Waals surface area contributed by atoms with Crippen molar-refractivity contribution < 1.29 is 24.6 Å². The summed E-state index contributed by atoms with van der Waals surface area (Å²) < 4.78 is 3.55. The molecule has 39 heavy (non-hydrogen) atoms. The Morgan fingerprint density at radius 2 is 1.56 bits per heavy atom. The van der Waals surface area contributed by atoms with Crippen molar-refractivity contribution in [3.63, 3.8) is 0 Å². The fourth-order valence-corrected chi connectivity index (χ4v) is 4.41. The minimum atomic E-state index is -1.32. The van der Waals surface area contributed by atoms with Gasteiger partial charge in [0.2, 0.25) is 0 Å². The Hall–Kier alpha value is -5.25. The molecular weight excluding hydrogens is 498 g/mol. The number of carboxylic acids is 1. The van der Waals surface area contributed by atoms with Gasteiger partial charge >= 0.3 is 5.97 Å². The van der Waals surface area contributed by atoms with Crippen molar-refractivity contribution in [1.82, 2.24) is 24.9 Å². The highest BCUT2D eigenvalue weighted by Crippen LogP contribution is 2.23. The van der Waals surface area contributed by atoms with Crippen molar-refractivity contribution in [2.75, 3.05) is 0 Å². The van der Waals surface area contributed by atoms with Gasteiger partial charge in [-0.2, -0.15) is 0 Å². The summed E-state index contributed by atoms with van der Waals surface area (Å²) in [5.41, 5.74) is 3.24. The van der Waals surface area contributed by atoms with E-state index in [1.54, 1.807) is 35.1 Å². The maximum atomic E-state index is 13.2. The molecule has 3 aromatic carbocycles. The van der Waals surface area contributed by atoms with Crippen LogP contribution in [-0.4, -0.2) is 53.5 Å². The average Bonchev–Trinajstić information content (AvgIpc) is 3.54. The number of carbonyl (C=O) groups excluding carboxylic acids is 2. The number of ketones is 1. The number of hydrogen-bond donors (Lipinski definition) is 3. The van der Waals surface area contributed by atoms with E-state index in [-0.39, 0.29) is 17.7 Å². The summed E-state index contributed by atoms with van der Waals surface area (Å²) >= 11 is 0. The highest BCUT2D eigenvalue weighted by molar-refractivity contribution is 6.45. The lowest BCUT2D eigenvalue weighted by atomic mass is 10.0. The van der Waals surface area contributed by atoms with Crippen LogP contribution in [0, 0.1) is 0 Å². The van der Waals surface area contributed by atoms with E-state index < -0.39 is 23.7 Å². The molecule has 0 aliphatic heterocycles. The molecule has 10 nitrogen and oxygen atoms in total. The van der Waals surface area contributed by atoms with Gasteiger partial charge in [0.15, 0.2) is 0 Å². The van der Waals surface area contributed by atoms with Crippen LogP contribution in [0.15, 0.2) is 91.3 Å². The molecule has 0 aliphatic rings. The van der Waals surface area contributed by atoms with Gasteiger partial charge < -0.3 is 20.1 Å². The Morgan fingerprint density at radius 3 is 2.31 bits per heavy atom. The van der Waals surface area contributed by atoms with E-state index in [0.29, 0.717) is 29.7 Å². The SMILES string of the molecule is O=C(N[C@@H](Cc1ccc(O)cc1)C(=O)O)C(=O)c1cn(Cc2cn(Cc3ccccc3)nn2)c2ccccc12. The van der Waals surface area contributed by atoms with Crippen molar-refractivity contribution in [1.29, 1.82) is 0 Å². The number of carboxylic acid groups (broad SMARTS) is 1. The molecule has 0 bridgehead atoms. The Bertz CT molecular complexity index is 1640. The topological polar surface area (TPSA) is 139 Å². The van der Waals surface area contributed by atoms with Crippen molar-refractivity contribution in [2.45, 2.75) is 25.6 Å². The minimum absolute atomic E-state index is 0.0416.